The molecule has 0 unspecified atom stereocenters. The number of amides is 1. The molecule has 0 aliphatic heterocycles. The number of anilines is 1. The third kappa shape index (κ3) is 4.31. The van der Waals surface area contributed by atoms with Gasteiger partial charge < -0.3 is 9.84 Å². The van der Waals surface area contributed by atoms with Crippen molar-refractivity contribution in [2.75, 3.05) is 11.1 Å². The van der Waals surface area contributed by atoms with E-state index < -0.39 is 0 Å². The molecular weight excluding hydrogens is 382 g/mol. The van der Waals surface area contributed by atoms with Crippen LogP contribution in [0.15, 0.2) is 82.2 Å². The zero-order valence-corrected chi connectivity index (χ0v) is 16.3. The first-order valence-electron chi connectivity index (χ1n) is 9.10. The number of fused-ring (bicyclic) bond motifs is 1. The van der Waals surface area contributed by atoms with Crippen LogP contribution in [-0.4, -0.2) is 16.8 Å². The predicted octanol–water partition coefficient (Wildman–Crippen LogP) is 5.75. The lowest BCUT2D eigenvalue weighted by Crippen LogP contribution is -2.12. The Kier molecular flexibility index (Phi) is 5.59. The third-order valence-corrected chi connectivity index (χ3v) is 5.46. The maximum absolute atomic E-state index is 12.7. The van der Waals surface area contributed by atoms with E-state index in [0.29, 0.717) is 23.6 Å². The molecular formula is C23H17N3O2S. The standard InChI is InChI=1S/C23H17N3O2S/c24-12-5-13-29-22-9-4-3-8-19(22)25-23(27)20-15-21(28-26-20)18-11-10-16-6-1-2-7-17(16)14-18/h1-4,6-11,14-15H,5,13H2,(H,25,27). The van der Waals surface area contributed by atoms with Crippen molar-refractivity contribution >= 4 is 34.1 Å². The number of carbonyl (C=O) groups is 1. The summed E-state index contributed by atoms with van der Waals surface area (Å²) >= 11 is 1.53. The van der Waals surface area contributed by atoms with Crippen LogP contribution in [0.25, 0.3) is 22.1 Å². The number of carbonyl (C=O) groups excluding carboxylic acids is 1. The van der Waals surface area contributed by atoms with Crippen LogP contribution < -0.4 is 5.32 Å². The van der Waals surface area contributed by atoms with Crippen molar-refractivity contribution in [3.63, 3.8) is 0 Å². The summed E-state index contributed by atoms with van der Waals surface area (Å²) in [4.78, 5) is 13.6. The van der Waals surface area contributed by atoms with Gasteiger partial charge in [-0.3, -0.25) is 4.79 Å². The van der Waals surface area contributed by atoms with Crippen molar-refractivity contribution in [3.05, 3.63) is 78.5 Å². The van der Waals surface area contributed by atoms with E-state index in [-0.39, 0.29) is 11.6 Å². The van der Waals surface area contributed by atoms with Gasteiger partial charge in [-0.05, 0) is 29.0 Å². The molecule has 4 rings (SSSR count). The maximum Gasteiger partial charge on any atom is 0.277 e. The Morgan fingerprint density at radius 2 is 1.83 bits per heavy atom. The molecule has 29 heavy (non-hydrogen) atoms. The zero-order chi connectivity index (χ0) is 20.1. The number of aromatic nitrogens is 1. The number of nitrogens with zero attached hydrogens (tertiary/aromatic N) is 2. The molecule has 1 heterocycles. The molecule has 0 aliphatic rings. The molecule has 142 valence electrons. The second-order valence-electron chi connectivity index (χ2n) is 6.35. The molecule has 0 saturated heterocycles. The minimum Gasteiger partial charge on any atom is -0.355 e. The highest BCUT2D eigenvalue weighted by Gasteiger charge is 2.15. The SMILES string of the molecule is N#CCCSc1ccccc1NC(=O)c1cc(-c2ccc3ccccc3c2)on1. The first-order valence-corrected chi connectivity index (χ1v) is 10.1. The number of benzene rings is 3. The lowest BCUT2D eigenvalue weighted by Gasteiger charge is -2.08. The van der Waals surface area contributed by atoms with Crippen LogP contribution in [0, 0.1) is 11.3 Å². The molecule has 1 aromatic heterocycles. The van der Waals surface area contributed by atoms with Crippen LogP contribution in [0.2, 0.25) is 0 Å². The lowest BCUT2D eigenvalue weighted by molar-refractivity contribution is 0.101. The summed E-state index contributed by atoms with van der Waals surface area (Å²) in [6, 6.07) is 25.3. The van der Waals surface area contributed by atoms with E-state index in [9.17, 15) is 4.79 Å². The highest BCUT2D eigenvalue weighted by atomic mass is 32.2. The van der Waals surface area contributed by atoms with E-state index in [0.717, 1.165) is 21.2 Å². The molecule has 1 N–H and O–H groups in total. The van der Waals surface area contributed by atoms with Crippen molar-refractivity contribution in [1.29, 1.82) is 5.26 Å². The van der Waals surface area contributed by atoms with Crippen LogP contribution >= 0.6 is 11.8 Å². The van der Waals surface area contributed by atoms with Crippen molar-refractivity contribution in [2.24, 2.45) is 0 Å². The minimum atomic E-state index is -0.339. The summed E-state index contributed by atoms with van der Waals surface area (Å²) in [6.07, 6.45) is 0.450. The maximum atomic E-state index is 12.7. The molecule has 0 bridgehead atoms. The molecule has 6 heteroatoms. The van der Waals surface area contributed by atoms with Gasteiger partial charge in [0.1, 0.15) is 0 Å². The van der Waals surface area contributed by atoms with E-state index in [2.05, 4.69) is 16.5 Å². The Bertz CT molecular complexity index is 1210. The Balaban J connectivity index is 1.52. The summed E-state index contributed by atoms with van der Waals surface area (Å²) in [6.45, 7) is 0. The van der Waals surface area contributed by atoms with Crippen molar-refractivity contribution in [2.45, 2.75) is 11.3 Å². The van der Waals surface area contributed by atoms with Gasteiger partial charge in [0.25, 0.3) is 5.91 Å². The molecule has 0 aliphatic carbocycles. The van der Waals surface area contributed by atoms with Gasteiger partial charge in [0.05, 0.1) is 11.8 Å². The molecule has 1 amide bonds. The first kappa shape index (κ1) is 18.8. The Morgan fingerprint density at radius 3 is 2.69 bits per heavy atom. The van der Waals surface area contributed by atoms with Crippen LogP contribution in [0.1, 0.15) is 16.9 Å². The number of hydrogen-bond donors (Lipinski definition) is 1. The zero-order valence-electron chi connectivity index (χ0n) is 15.5. The van der Waals surface area contributed by atoms with Crippen LogP contribution in [0.5, 0.6) is 0 Å². The molecule has 0 fully saturated rings. The Labute approximate surface area is 172 Å². The van der Waals surface area contributed by atoms with Gasteiger partial charge in [-0.15, -0.1) is 11.8 Å². The second-order valence-corrected chi connectivity index (χ2v) is 7.48. The average Bonchev–Trinajstić information content (AvgIpc) is 3.25. The van der Waals surface area contributed by atoms with E-state index in [4.69, 9.17) is 9.78 Å². The van der Waals surface area contributed by atoms with Gasteiger partial charge in [-0.25, -0.2) is 0 Å². The molecule has 3 aromatic carbocycles. The predicted molar refractivity (Wildman–Crippen MR) is 115 cm³/mol. The lowest BCUT2D eigenvalue weighted by atomic mass is 10.1. The minimum absolute atomic E-state index is 0.213. The van der Waals surface area contributed by atoms with Gasteiger partial charge in [-0.1, -0.05) is 53.7 Å². The number of nitriles is 1. The molecule has 4 aromatic rings. The van der Waals surface area contributed by atoms with Gasteiger partial charge in [0, 0.05) is 28.7 Å². The average molecular weight is 399 g/mol. The van der Waals surface area contributed by atoms with Gasteiger partial charge in [-0.2, -0.15) is 5.26 Å². The smallest absolute Gasteiger partial charge is 0.277 e. The summed E-state index contributed by atoms with van der Waals surface area (Å²) in [5, 5.41) is 17.8. The molecule has 5 nitrogen and oxygen atoms in total. The van der Waals surface area contributed by atoms with E-state index >= 15 is 0 Å². The summed E-state index contributed by atoms with van der Waals surface area (Å²) in [7, 11) is 0. The van der Waals surface area contributed by atoms with Crippen molar-refractivity contribution in [1.82, 2.24) is 5.16 Å². The highest BCUT2D eigenvalue weighted by molar-refractivity contribution is 7.99. The Hall–Kier alpha value is -3.56. The fourth-order valence-corrected chi connectivity index (χ4v) is 3.81. The molecule has 0 radical (unpaired) electrons. The fourth-order valence-electron chi connectivity index (χ4n) is 2.95. The van der Waals surface area contributed by atoms with Gasteiger partial charge in [0.2, 0.25) is 0 Å². The summed E-state index contributed by atoms with van der Waals surface area (Å²) in [5.74, 6) is 0.867. The Morgan fingerprint density at radius 1 is 1.03 bits per heavy atom. The number of rotatable bonds is 6. The number of thioether (sulfide) groups is 1. The fraction of sp³-hybridized carbons (Fsp3) is 0.0870. The van der Waals surface area contributed by atoms with Crippen LogP contribution in [0.4, 0.5) is 5.69 Å². The highest BCUT2D eigenvalue weighted by Crippen LogP contribution is 2.29. The molecule has 0 spiro atoms. The summed E-state index contributed by atoms with van der Waals surface area (Å²) < 4.78 is 5.42. The van der Waals surface area contributed by atoms with E-state index in [1.54, 1.807) is 6.07 Å². The largest absolute Gasteiger partial charge is 0.355 e. The summed E-state index contributed by atoms with van der Waals surface area (Å²) in [5.41, 5.74) is 1.77. The van der Waals surface area contributed by atoms with E-state index in [1.807, 2.05) is 66.7 Å². The molecule has 0 atom stereocenters. The van der Waals surface area contributed by atoms with Crippen LogP contribution in [0.3, 0.4) is 0 Å². The second kappa shape index (κ2) is 8.63. The van der Waals surface area contributed by atoms with Gasteiger partial charge in [0.15, 0.2) is 11.5 Å². The monoisotopic (exact) mass is 399 g/mol. The first-order chi connectivity index (χ1) is 14.2. The number of nitrogens with one attached hydrogen (secondary N) is 1. The van der Waals surface area contributed by atoms with Crippen molar-refractivity contribution in [3.8, 4) is 17.4 Å². The molecule has 0 saturated carbocycles. The van der Waals surface area contributed by atoms with Gasteiger partial charge >= 0.3 is 0 Å². The quantitative estimate of drug-likeness (QED) is 0.330. The van der Waals surface area contributed by atoms with E-state index in [1.165, 1.54) is 11.8 Å². The normalized spacial score (nSPS) is 10.6. The third-order valence-electron chi connectivity index (χ3n) is 4.38. The van der Waals surface area contributed by atoms with Crippen molar-refractivity contribution < 1.29 is 9.32 Å². The number of para-hydroxylation sites is 1. The van der Waals surface area contributed by atoms with Crippen LogP contribution in [-0.2, 0) is 0 Å². The topological polar surface area (TPSA) is 78.9 Å². The number of hydrogen-bond acceptors (Lipinski definition) is 5.